The molecule has 0 bridgehead atoms. The van der Waals surface area contributed by atoms with Crippen LogP contribution < -0.4 is 4.74 Å². The molecule has 0 fully saturated rings. The van der Waals surface area contributed by atoms with E-state index in [1.165, 1.54) is 26.0 Å². The normalized spacial score (nSPS) is 10.7. The van der Waals surface area contributed by atoms with Crippen molar-refractivity contribution in [2.75, 3.05) is 0 Å². The molecule has 1 heterocycles. The van der Waals surface area contributed by atoms with Crippen LogP contribution in [0.15, 0.2) is 116 Å². The van der Waals surface area contributed by atoms with Gasteiger partial charge in [0.25, 0.3) is 0 Å². The van der Waals surface area contributed by atoms with E-state index in [0.717, 1.165) is 0 Å². The zero-order valence-electron chi connectivity index (χ0n) is 14.4. The molecule has 0 saturated carbocycles. The molecule has 0 aliphatic rings. The summed E-state index contributed by atoms with van der Waals surface area (Å²) >= 11 is 1.50. The van der Waals surface area contributed by atoms with Crippen LogP contribution in [-0.2, 0) is 10.9 Å². The van der Waals surface area contributed by atoms with E-state index < -0.39 is 0 Å². The maximum Gasteiger partial charge on any atom is 0.343 e. The Hall–Kier alpha value is -2.82. The fourth-order valence-electron chi connectivity index (χ4n) is 2.72. The predicted octanol–water partition coefficient (Wildman–Crippen LogP) is 6.06. The van der Waals surface area contributed by atoms with Gasteiger partial charge in [-0.1, -0.05) is 36.4 Å². The van der Waals surface area contributed by atoms with Crippen LogP contribution in [0.1, 0.15) is 10.4 Å². The topological polar surface area (TPSA) is 26.3 Å². The van der Waals surface area contributed by atoms with E-state index in [1.807, 2.05) is 47.2 Å². The lowest BCUT2D eigenvalue weighted by atomic mass is 10.2. The average molecular weight is 390 g/mol. The van der Waals surface area contributed by atoms with Crippen LogP contribution in [0.3, 0.4) is 0 Å². The molecular formula is C23H17O2S2+. The maximum absolute atomic E-state index is 12.3. The van der Waals surface area contributed by atoms with Crippen molar-refractivity contribution >= 4 is 28.2 Å². The zero-order chi connectivity index (χ0) is 18.5. The van der Waals surface area contributed by atoms with Gasteiger partial charge in [-0.3, -0.25) is 0 Å². The minimum Gasteiger partial charge on any atom is -0.422 e. The summed E-state index contributed by atoms with van der Waals surface area (Å²) in [6, 6.07) is 30.4. The van der Waals surface area contributed by atoms with Crippen molar-refractivity contribution in [1.29, 1.82) is 0 Å². The summed E-state index contributed by atoms with van der Waals surface area (Å²) in [4.78, 5) is 16.0. The molecule has 0 N–H and O–H groups in total. The van der Waals surface area contributed by atoms with Crippen LogP contribution in [-0.4, -0.2) is 5.97 Å². The standard InChI is InChI=1S/C23H17O2S2/c24-23(25-19-15-16-26-17-19)18-11-13-22(14-12-18)27(20-7-3-1-4-8-20)21-9-5-2-6-10-21/h1-17H/q+1. The highest BCUT2D eigenvalue weighted by Gasteiger charge is 2.28. The second-order valence-electron chi connectivity index (χ2n) is 5.81. The van der Waals surface area contributed by atoms with Crippen LogP contribution in [0.5, 0.6) is 5.75 Å². The minimum absolute atomic E-state index is 0.218. The SMILES string of the molecule is O=C(Oc1ccsc1)c1ccc([S+](c2ccccc2)c2ccccc2)cc1. The largest absolute Gasteiger partial charge is 0.422 e. The molecule has 0 unspecified atom stereocenters. The summed E-state index contributed by atoms with van der Waals surface area (Å²) in [5, 5.41) is 3.70. The molecule has 0 amide bonds. The van der Waals surface area contributed by atoms with Gasteiger partial charge in [-0.2, -0.15) is 0 Å². The molecule has 0 radical (unpaired) electrons. The Kier molecular flexibility index (Phi) is 5.37. The third-order valence-electron chi connectivity index (χ3n) is 3.99. The number of esters is 1. The highest BCUT2D eigenvalue weighted by Crippen LogP contribution is 2.31. The highest BCUT2D eigenvalue weighted by molar-refractivity contribution is 7.97. The summed E-state index contributed by atoms with van der Waals surface area (Å²) in [5.41, 5.74) is 0.551. The number of ether oxygens (including phenoxy) is 1. The van der Waals surface area contributed by atoms with Gasteiger partial charge in [0.1, 0.15) is 5.75 Å². The van der Waals surface area contributed by atoms with Gasteiger partial charge in [0.15, 0.2) is 14.7 Å². The molecule has 0 aliphatic carbocycles. The van der Waals surface area contributed by atoms with Gasteiger partial charge in [0, 0.05) is 5.38 Å². The minimum atomic E-state index is -0.334. The third kappa shape index (κ3) is 4.13. The van der Waals surface area contributed by atoms with E-state index in [0.29, 0.717) is 11.3 Å². The second-order valence-corrected chi connectivity index (χ2v) is 8.61. The molecule has 0 atom stereocenters. The fourth-order valence-corrected chi connectivity index (χ4v) is 5.36. The van der Waals surface area contributed by atoms with Gasteiger partial charge in [-0.05, 0) is 60.0 Å². The van der Waals surface area contributed by atoms with Crippen molar-refractivity contribution in [3.63, 3.8) is 0 Å². The second kappa shape index (κ2) is 8.25. The van der Waals surface area contributed by atoms with Crippen LogP contribution >= 0.6 is 11.3 Å². The molecule has 3 aromatic carbocycles. The van der Waals surface area contributed by atoms with E-state index in [9.17, 15) is 4.79 Å². The van der Waals surface area contributed by atoms with E-state index in [2.05, 4.69) is 48.5 Å². The Bertz CT molecular complexity index is 956. The van der Waals surface area contributed by atoms with Crippen LogP contribution in [0, 0.1) is 0 Å². The number of benzene rings is 3. The molecule has 4 aromatic rings. The van der Waals surface area contributed by atoms with Gasteiger partial charge in [0.2, 0.25) is 0 Å². The lowest BCUT2D eigenvalue weighted by Crippen LogP contribution is -2.09. The van der Waals surface area contributed by atoms with Gasteiger partial charge < -0.3 is 4.74 Å². The molecule has 0 saturated heterocycles. The monoisotopic (exact) mass is 389 g/mol. The predicted molar refractivity (Wildman–Crippen MR) is 111 cm³/mol. The Morgan fingerprint density at radius 3 is 1.78 bits per heavy atom. The first-order chi connectivity index (χ1) is 13.3. The van der Waals surface area contributed by atoms with Gasteiger partial charge >= 0.3 is 5.97 Å². The first-order valence-electron chi connectivity index (χ1n) is 8.50. The van der Waals surface area contributed by atoms with Crippen LogP contribution in [0.2, 0.25) is 0 Å². The van der Waals surface area contributed by atoms with E-state index in [-0.39, 0.29) is 16.9 Å². The summed E-state index contributed by atoms with van der Waals surface area (Å²) in [7, 11) is -0.218. The van der Waals surface area contributed by atoms with Gasteiger partial charge in [-0.15, -0.1) is 11.3 Å². The van der Waals surface area contributed by atoms with Crippen LogP contribution in [0.4, 0.5) is 0 Å². The summed E-state index contributed by atoms with van der Waals surface area (Å²) in [6.07, 6.45) is 0. The highest BCUT2D eigenvalue weighted by atomic mass is 32.2. The molecule has 2 nitrogen and oxygen atoms in total. The Morgan fingerprint density at radius 2 is 1.26 bits per heavy atom. The van der Waals surface area contributed by atoms with E-state index in [1.54, 1.807) is 6.07 Å². The van der Waals surface area contributed by atoms with Gasteiger partial charge in [-0.25, -0.2) is 4.79 Å². The van der Waals surface area contributed by atoms with Crippen molar-refractivity contribution in [2.24, 2.45) is 0 Å². The van der Waals surface area contributed by atoms with Crippen LogP contribution in [0.25, 0.3) is 0 Å². The van der Waals surface area contributed by atoms with E-state index in [4.69, 9.17) is 4.74 Å². The number of hydrogen-bond donors (Lipinski definition) is 0. The Morgan fingerprint density at radius 1 is 0.704 bits per heavy atom. The quantitative estimate of drug-likeness (QED) is 0.306. The first-order valence-corrected chi connectivity index (χ1v) is 10.7. The summed E-state index contributed by atoms with van der Waals surface area (Å²) < 4.78 is 5.38. The number of carbonyl (C=O) groups is 1. The smallest absolute Gasteiger partial charge is 0.343 e. The van der Waals surface area contributed by atoms with Crippen molar-refractivity contribution < 1.29 is 9.53 Å². The number of carbonyl (C=O) groups excluding carboxylic acids is 1. The van der Waals surface area contributed by atoms with Crippen molar-refractivity contribution in [1.82, 2.24) is 0 Å². The number of thiophene rings is 1. The van der Waals surface area contributed by atoms with Crippen molar-refractivity contribution in [3.8, 4) is 5.75 Å². The van der Waals surface area contributed by atoms with E-state index >= 15 is 0 Å². The molecule has 0 aliphatic heterocycles. The molecule has 4 heteroatoms. The molecular weight excluding hydrogens is 372 g/mol. The zero-order valence-corrected chi connectivity index (χ0v) is 16.1. The third-order valence-corrected chi connectivity index (χ3v) is 6.88. The fraction of sp³-hybridized carbons (Fsp3) is 0. The first kappa shape index (κ1) is 17.6. The molecule has 132 valence electrons. The lowest BCUT2D eigenvalue weighted by molar-refractivity contribution is 0.0735. The number of hydrogen-bond acceptors (Lipinski definition) is 3. The average Bonchev–Trinajstić information content (AvgIpc) is 3.23. The lowest BCUT2D eigenvalue weighted by Gasteiger charge is -2.08. The summed E-state index contributed by atoms with van der Waals surface area (Å²) in [5.74, 6) is 0.252. The Balaban J connectivity index is 1.64. The molecule has 4 rings (SSSR count). The summed E-state index contributed by atoms with van der Waals surface area (Å²) in [6.45, 7) is 0. The van der Waals surface area contributed by atoms with Crippen molar-refractivity contribution in [3.05, 3.63) is 107 Å². The molecule has 1 aromatic heterocycles. The van der Waals surface area contributed by atoms with Crippen molar-refractivity contribution in [2.45, 2.75) is 14.7 Å². The molecule has 0 spiro atoms. The van der Waals surface area contributed by atoms with Gasteiger partial charge in [0.05, 0.1) is 16.5 Å². The number of rotatable bonds is 5. The Labute approximate surface area is 165 Å². The maximum atomic E-state index is 12.3. The molecule has 27 heavy (non-hydrogen) atoms.